The summed E-state index contributed by atoms with van der Waals surface area (Å²) < 4.78 is 5.47. The highest BCUT2D eigenvalue weighted by Gasteiger charge is 2.59. The van der Waals surface area contributed by atoms with Crippen molar-refractivity contribution in [3.63, 3.8) is 0 Å². The third-order valence-corrected chi connectivity index (χ3v) is 6.44. The van der Waals surface area contributed by atoms with Gasteiger partial charge in [0.2, 0.25) is 0 Å². The Morgan fingerprint density at radius 1 is 1.32 bits per heavy atom. The zero-order chi connectivity index (χ0) is 18.2. The molecule has 2 atom stereocenters. The highest BCUT2D eigenvalue weighted by Crippen LogP contribution is 2.63. The van der Waals surface area contributed by atoms with Crippen molar-refractivity contribution >= 4 is 17.4 Å². The molecular weight excluding hydrogens is 316 g/mol. The molecule has 2 aliphatic carbocycles. The number of nitrogens with zero attached hydrogens (tertiary/aromatic N) is 1. The second-order valence-electron chi connectivity index (χ2n) is 7.96. The van der Waals surface area contributed by atoms with Crippen LogP contribution in [0.25, 0.3) is 0 Å². The Kier molecular flexibility index (Phi) is 4.43. The molecule has 5 heteroatoms. The quantitative estimate of drug-likeness (QED) is 0.657. The van der Waals surface area contributed by atoms with E-state index < -0.39 is 0 Å². The standard InChI is InChI=1S/C20H26N2O3/c1-13(23)14-6-5-7-16(10-14)25-12-18(24)22-21-17-11-15-8-9-20(17,4)19(15,2)3/h5-7,10,15H,8-9,11-12H2,1-4H3,(H,22,24)/b21-17+. The van der Waals surface area contributed by atoms with Gasteiger partial charge < -0.3 is 4.74 Å². The Hall–Kier alpha value is -2.17. The number of amides is 1. The third kappa shape index (κ3) is 3.08. The maximum absolute atomic E-state index is 12.1. The monoisotopic (exact) mass is 342 g/mol. The van der Waals surface area contributed by atoms with E-state index in [-0.39, 0.29) is 29.1 Å². The van der Waals surface area contributed by atoms with E-state index in [1.165, 1.54) is 13.3 Å². The van der Waals surface area contributed by atoms with Crippen molar-refractivity contribution in [1.29, 1.82) is 0 Å². The number of carbonyl (C=O) groups is 2. The Morgan fingerprint density at radius 3 is 2.68 bits per heavy atom. The molecule has 2 fully saturated rings. The molecule has 1 amide bonds. The van der Waals surface area contributed by atoms with Crippen LogP contribution in [0.2, 0.25) is 0 Å². The number of ketones is 1. The molecule has 3 rings (SSSR count). The molecule has 0 spiro atoms. The topological polar surface area (TPSA) is 67.8 Å². The number of hydrogen-bond donors (Lipinski definition) is 1. The van der Waals surface area contributed by atoms with Gasteiger partial charge in [0.05, 0.1) is 0 Å². The predicted octanol–water partition coefficient (Wildman–Crippen LogP) is 3.59. The van der Waals surface area contributed by atoms with Gasteiger partial charge in [-0.25, -0.2) is 5.43 Å². The van der Waals surface area contributed by atoms with Gasteiger partial charge in [-0.3, -0.25) is 9.59 Å². The van der Waals surface area contributed by atoms with Crippen LogP contribution in [0.4, 0.5) is 0 Å². The first kappa shape index (κ1) is 17.6. The summed E-state index contributed by atoms with van der Waals surface area (Å²) in [6.07, 6.45) is 3.34. The fraction of sp³-hybridized carbons (Fsp3) is 0.550. The van der Waals surface area contributed by atoms with E-state index >= 15 is 0 Å². The van der Waals surface area contributed by atoms with Gasteiger partial charge in [0, 0.05) is 16.7 Å². The van der Waals surface area contributed by atoms with Crippen LogP contribution in [-0.2, 0) is 4.79 Å². The van der Waals surface area contributed by atoms with Crippen molar-refractivity contribution in [3.05, 3.63) is 29.8 Å². The lowest BCUT2D eigenvalue weighted by atomic mass is 9.70. The lowest BCUT2D eigenvalue weighted by Crippen LogP contribution is -2.35. The zero-order valence-corrected chi connectivity index (χ0v) is 15.4. The minimum absolute atomic E-state index is 0.0338. The minimum Gasteiger partial charge on any atom is -0.484 e. The summed E-state index contributed by atoms with van der Waals surface area (Å²) in [5.74, 6) is 0.834. The minimum atomic E-state index is -0.287. The van der Waals surface area contributed by atoms with Gasteiger partial charge in [0.15, 0.2) is 12.4 Å². The van der Waals surface area contributed by atoms with Crippen LogP contribution in [0, 0.1) is 16.7 Å². The van der Waals surface area contributed by atoms with Crippen LogP contribution in [0.5, 0.6) is 5.75 Å². The molecule has 0 saturated heterocycles. The molecule has 134 valence electrons. The summed E-state index contributed by atoms with van der Waals surface area (Å²) in [4.78, 5) is 23.4. The van der Waals surface area contributed by atoms with Gasteiger partial charge in [-0.1, -0.05) is 32.9 Å². The Labute approximate surface area is 148 Å². The van der Waals surface area contributed by atoms with Crippen LogP contribution in [0.15, 0.2) is 29.4 Å². The molecule has 2 unspecified atom stereocenters. The molecule has 1 aromatic carbocycles. The van der Waals surface area contributed by atoms with Gasteiger partial charge in [-0.05, 0) is 49.7 Å². The maximum atomic E-state index is 12.1. The molecule has 2 bridgehead atoms. The van der Waals surface area contributed by atoms with E-state index in [0.717, 1.165) is 18.6 Å². The molecule has 5 nitrogen and oxygen atoms in total. The Bertz CT molecular complexity index is 738. The second-order valence-corrected chi connectivity index (χ2v) is 7.96. The number of carbonyl (C=O) groups excluding carboxylic acids is 2. The van der Waals surface area contributed by atoms with Crippen molar-refractivity contribution in [2.45, 2.75) is 47.0 Å². The van der Waals surface area contributed by atoms with Crippen LogP contribution < -0.4 is 10.2 Å². The molecular formula is C20H26N2O3. The van der Waals surface area contributed by atoms with Gasteiger partial charge in [0.25, 0.3) is 5.91 Å². The number of Topliss-reactive ketones (excluding diaryl/α,β-unsaturated/α-hetero) is 1. The van der Waals surface area contributed by atoms with Crippen LogP contribution >= 0.6 is 0 Å². The summed E-state index contributed by atoms with van der Waals surface area (Å²) in [7, 11) is 0. The van der Waals surface area contributed by atoms with Gasteiger partial charge in [-0.2, -0.15) is 5.10 Å². The Balaban J connectivity index is 1.57. The summed E-state index contributed by atoms with van der Waals surface area (Å²) in [5.41, 5.74) is 4.61. The molecule has 0 radical (unpaired) electrons. The first-order valence-corrected chi connectivity index (χ1v) is 8.84. The molecule has 0 aliphatic heterocycles. The largest absolute Gasteiger partial charge is 0.484 e. The predicted molar refractivity (Wildman–Crippen MR) is 96.7 cm³/mol. The highest BCUT2D eigenvalue weighted by atomic mass is 16.5. The Morgan fingerprint density at radius 2 is 2.08 bits per heavy atom. The van der Waals surface area contributed by atoms with E-state index in [0.29, 0.717) is 17.2 Å². The van der Waals surface area contributed by atoms with Crippen molar-refractivity contribution in [2.24, 2.45) is 21.8 Å². The molecule has 25 heavy (non-hydrogen) atoms. The van der Waals surface area contributed by atoms with Crippen molar-refractivity contribution in [3.8, 4) is 5.75 Å². The van der Waals surface area contributed by atoms with E-state index in [2.05, 4.69) is 31.3 Å². The van der Waals surface area contributed by atoms with E-state index in [1.54, 1.807) is 24.3 Å². The van der Waals surface area contributed by atoms with E-state index in [9.17, 15) is 9.59 Å². The SMILES string of the molecule is CC(=O)c1cccc(OCC(=O)N/N=C2\CC3CCC2(C)C3(C)C)c1. The summed E-state index contributed by atoms with van der Waals surface area (Å²) >= 11 is 0. The van der Waals surface area contributed by atoms with Crippen molar-refractivity contribution in [2.75, 3.05) is 6.61 Å². The third-order valence-electron chi connectivity index (χ3n) is 6.44. The highest BCUT2D eigenvalue weighted by molar-refractivity contribution is 5.95. The van der Waals surface area contributed by atoms with Crippen molar-refractivity contribution < 1.29 is 14.3 Å². The molecule has 0 heterocycles. The van der Waals surface area contributed by atoms with Gasteiger partial charge in [0.1, 0.15) is 5.75 Å². The second kappa shape index (κ2) is 6.28. The number of hydrogen-bond acceptors (Lipinski definition) is 4. The first-order chi connectivity index (χ1) is 11.7. The molecule has 1 N–H and O–H groups in total. The number of hydrazone groups is 1. The average molecular weight is 342 g/mol. The fourth-order valence-electron chi connectivity index (χ4n) is 4.21. The number of rotatable bonds is 5. The lowest BCUT2D eigenvalue weighted by Gasteiger charge is -2.34. The average Bonchev–Trinajstić information content (AvgIpc) is 2.91. The number of benzene rings is 1. The van der Waals surface area contributed by atoms with Crippen LogP contribution in [0.1, 0.15) is 57.3 Å². The van der Waals surface area contributed by atoms with Crippen LogP contribution in [0.3, 0.4) is 0 Å². The van der Waals surface area contributed by atoms with Crippen molar-refractivity contribution in [1.82, 2.24) is 5.43 Å². The summed E-state index contributed by atoms with van der Waals surface area (Å²) in [6.45, 7) is 8.25. The summed E-state index contributed by atoms with van der Waals surface area (Å²) in [5, 5.41) is 4.41. The van der Waals surface area contributed by atoms with Gasteiger partial charge in [-0.15, -0.1) is 0 Å². The molecule has 1 aromatic rings. The number of ether oxygens (including phenoxy) is 1. The van der Waals surface area contributed by atoms with E-state index in [4.69, 9.17) is 4.74 Å². The first-order valence-electron chi connectivity index (χ1n) is 8.84. The maximum Gasteiger partial charge on any atom is 0.277 e. The lowest BCUT2D eigenvalue weighted by molar-refractivity contribution is -0.123. The normalized spacial score (nSPS) is 28.2. The molecule has 2 saturated carbocycles. The van der Waals surface area contributed by atoms with Crippen LogP contribution in [-0.4, -0.2) is 24.0 Å². The smallest absolute Gasteiger partial charge is 0.277 e. The fourth-order valence-corrected chi connectivity index (χ4v) is 4.21. The zero-order valence-electron chi connectivity index (χ0n) is 15.4. The summed E-state index contributed by atoms with van der Waals surface area (Å²) in [6, 6.07) is 6.83. The molecule has 0 aromatic heterocycles. The van der Waals surface area contributed by atoms with E-state index in [1.807, 2.05) is 0 Å². The number of fused-ring (bicyclic) bond motifs is 2. The molecule has 2 aliphatic rings. The number of nitrogens with one attached hydrogen (secondary N) is 1. The van der Waals surface area contributed by atoms with Gasteiger partial charge >= 0.3 is 0 Å².